The highest BCUT2D eigenvalue weighted by molar-refractivity contribution is 5.76. The lowest BCUT2D eigenvalue weighted by atomic mass is 10.0. The summed E-state index contributed by atoms with van der Waals surface area (Å²) in [5.74, 6) is 0.375. The van der Waals surface area contributed by atoms with Crippen molar-refractivity contribution in [2.24, 2.45) is 0 Å². The third kappa shape index (κ3) is 7.03. The molecule has 0 aromatic carbocycles. The minimum Gasteiger partial charge on any atom is -0.340 e. The lowest BCUT2D eigenvalue weighted by Crippen LogP contribution is -2.41. The predicted octanol–water partition coefficient (Wildman–Crippen LogP) is 4.77. The zero-order valence-electron chi connectivity index (χ0n) is 13.0. The van der Waals surface area contributed by atoms with Gasteiger partial charge in [0.15, 0.2) is 0 Å². The van der Waals surface area contributed by atoms with Crippen LogP contribution in [0.5, 0.6) is 0 Å². The van der Waals surface area contributed by atoms with E-state index in [-0.39, 0.29) is 0 Å². The van der Waals surface area contributed by atoms with E-state index in [0.717, 1.165) is 25.8 Å². The Balaban J connectivity index is 4.55. The van der Waals surface area contributed by atoms with Crippen LogP contribution in [-0.2, 0) is 4.79 Å². The van der Waals surface area contributed by atoms with E-state index in [1.807, 2.05) is 0 Å². The first-order chi connectivity index (χ1) is 8.71. The van der Waals surface area contributed by atoms with Gasteiger partial charge in [-0.05, 0) is 25.7 Å². The Morgan fingerprint density at radius 3 is 2.06 bits per heavy atom. The lowest BCUT2D eigenvalue weighted by molar-refractivity contribution is -0.134. The largest absolute Gasteiger partial charge is 0.340 e. The molecule has 18 heavy (non-hydrogen) atoms. The average Bonchev–Trinajstić information content (AvgIpc) is 2.36. The van der Waals surface area contributed by atoms with Crippen LogP contribution in [0.2, 0.25) is 0 Å². The maximum Gasteiger partial charge on any atom is 0.222 e. The van der Waals surface area contributed by atoms with Crippen molar-refractivity contribution in [3.8, 4) is 0 Å². The van der Waals surface area contributed by atoms with Crippen molar-refractivity contribution in [3.05, 3.63) is 0 Å². The fourth-order valence-electron chi connectivity index (χ4n) is 2.43. The van der Waals surface area contributed by atoms with E-state index in [9.17, 15) is 4.79 Å². The summed E-state index contributed by atoms with van der Waals surface area (Å²) >= 11 is 0. The number of carbonyl (C=O) groups is 1. The fourth-order valence-corrected chi connectivity index (χ4v) is 2.43. The maximum absolute atomic E-state index is 12.3. The second kappa shape index (κ2) is 11.6. The van der Waals surface area contributed by atoms with Crippen LogP contribution < -0.4 is 0 Å². The Kier molecular flexibility index (Phi) is 11.2. The van der Waals surface area contributed by atoms with Gasteiger partial charge in [-0.15, -0.1) is 0 Å². The SMILES string of the molecule is CCCCC(CCC)N(CCCC)C(=O)CCC. The molecule has 0 aromatic heterocycles. The van der Waals surface area contributed by atoms with Gasteiger partial charge in [0.25, 0.3) is 0 Å². The molecule has 0 aliphatic carbocycles. The Hall–Kier alpha value is -0.530. The summed E-state index contributed by atoms with van der Waals surface area (Å²) in [5.41, 5.74) is 0. The summed E-state index contributed by atoms with van der Waals surface area (Å²) in [6.07, 6.45) is 9.99. The van der Waals surface area contributed by atoms with Gasteiger partial charge in [0, 0.05) is 19.0 Å². The van der Waals surface area contributed by atoms with Gasteiger partial charge in [-0.3, -0.25) is 4.79 Å². The highest BCUT2D eigenvalue weighted by atomic mass is 16.2. The zero-order valence-corrected chi connectivity index (χ0v) is 13.0. The maximum atomic E-state index is 12.3. The third-order valence-corrected chi connectivity index (χ3v) is 3.49. The molecule has 0 bridgehead atoms. The summed E-state index contributed by atoms with van der Waals surface area (Å²) in [6, 6.07) is 0.487. The van der Waals surface area contributed by atoms with Crippen molar-refractivity contribution < 1.29 is 4.79 Å². The highest BCUT2D eigenvalue weighted by Gasteiger charge is 2.21. The molecule has 1 amide bonds. The van der Waals surface area contributed by atoms with Gasteiger partial charge >= 0.3 is 0 Å². The number of amides is 1. The van der Waals surface area contributed by atoms with Crippen molar-refractivity contribution in [2.45, 2.75) is 91.5 Å². The van der Waals surface area contributed by atoms with E-state index in [2.05, 4.69) is 32.6 Å². The van der Waals surface area contributed by atoms with Crippen LogP contribution in [0, 0.1) is 0 Å². The molecule has 0 aliphatic rings. The Bertz CT molecular complexity index is 203. The first-order valence-corrected chi connectivity index (χ1v) is 8.00. The van der Waals surface area contributed by atoms with Gasteiger partial charge in [0.05, 0.1) is 0 Å². The molecule has 1 atom stereocenters. The molecule has 0 saturated heterocycles. The van der Waals surface area contributed by atoms with Crippen LogP contribution in [-0.4, -0.2) is 23.4 Å². The van der Waals surface area contributed by atoms with E-state index in [4.69, 9.17) is 0 Å². The number of hydrogen-bond acceptors (Lipinski definition) is 1. The third-order valence-electron chi connectivity index (χ3n) is 3.49. The summed E-state index contributed by atoms with van der Waals surface area (Å²) < 4.78 is 0. The standard InChI is InChI=1S/C16H33NO/c1-5-9-13-15(11-7-3)17(14-10-6-2)16(18)12-8-4/h15H,5-14H2,1-4H3. The van der Waals surface area contributed by atoms with Gasteiger partial charge < -0.3 is 4.90 Å². The molecule has 0 fully saturated rings. The molecule has 0 rings (SSSR count). The van der Waals surface area contributed by atoms with Crippen molar-refractivity contribution in [3.63, 3.8) is 0 Å². The van der Waals surface area contributed by atoms with Crippen molar-refractivity contribution >= 4 is 5.91 Å². The minimum absolute atomic E-state index is 0.375. The van der Waals surface area contributed by atoms with E-state index < -0.39 is 0 Å². The molecule has 0 spiro atoms. The second-order valence-electron chi connectivity index (χ2n) is 5.28. The Morgan fingerprint density at radius 1 is 0.889 bits per heavy atom. The highest BCUT2D eigenvalue weighted by Crippen LogP contribution is 2.17. The average molecular weight is 255 g/mol. The summed E-state index contributed by atoms with van der Waals surface area (Å²) in [7, 11) is 0. The summed E-state index contributed by atoms with van der Waals surface area (Å²) in [4.78, 5) is 14.4. The van der Waals surface area contributed by atoms with Crippen LogP contribution in [0.4, 0.5) is 0 Å². The number of nitrogens with zero attached hydrogens (tertiary/aromatic N) is 1. The van der Waals surface area contributed by atoms with E-state index in [1.165, 1.54) is 38.5 Å². The molecule has 0 aromatic rings. The molecule has 2 nitrogen and oxygen atoms in total. The lowest BCUT2D eigenvalue weighted by Gasteiger charge is -2.32. The van der Waals surface area contributed by atoms with Gasteiger partial charge in [0.1, 0.15) is 0 Å². The molecule has 0 saturated carbocycles. The van der Waals surface area contributed by atoms with Crippen LogP contribution in [0.3, 0.4) is 0 Å². The topological polar surface area (TPSA) is 20.3 Å². The molecule has 1 unspecified atom stereocenters. The Morgan fingerprint density at radius 2 is 1.56 bits per heavy atom. The Labute approximate surface area is 114 Å². The minimum atomic E-state index is 0.375. The van der Waals surface area contributed by atoms with Gasteiger partial charge in [0.2, 0.25) is 5.91 Å². The zero-order chi connectivity index (χ0) is 13.8. The molecule has 2 heteroatoms. The van der Waals surface area contributed by atoms with Gasteiger partial charge in [-0.2, -0.15) is 0 Å². The number of rotatable bonds is 11. The van der Waals surface area contributed by atoms with Crippen molar-refractivity contribution in [2.75, 3.05) is 6.54 Å². The van der Waals surface area contributed by atoms with E-state index in [1.54, 1.807) is 0 Å². The first kappa shape index (κ1) is 17.5. The summed E-state index contributed by atoms with van der Waals surface area (Å²) in [5, 5.41) is 0. The van der Waals surface area contributed by atoms with Crippen LogP contribution in [0.15, 0.2) is 0 Å². The van der Waals surface area contributed by atoms with E-state index >= 15 is 0 Å². The predicted molar refractivity (Wildman–Crippen MR) is 79.8 cm³/mol. The molecule has 0 heterocycles. The quantitative estimate of drug-likeness (QED) is 0.520. The molecule has 0 N–H and O–H groups in total. The summed E-state index contributed by atoms with van der Waals surface area (Å²) in [6.45, 7) is 9.71. The smallest absolute Gasteiger partial charge is 0.222 e. The van der Waals surface area contributed by atoms with Gasteiger partial charge in [-0.25, -0.2) is 0 Å². The molecule has 108 valence electrons. The van der Waals surface area contributed by atoms with E-state index in [0.29, 0.717) is 11.9 Å². The molecular weight excluding hydrogens is 222 g/mol. The number of hydrogen-bond donors (Lipinski definition) is 0. The van der Waals surface area contributed by atoms with Crippen molar-refractivity contribution in [1.82, 2.24) is 4.90 Å². The second-order valence-corrected chi connectivity index (χ2v) is 5.28. The fraction of sp³-hybridized carbons (Fsp3) is 0.938. The molecule has 0 radical (unpaired) electrons. The van der Waals surface area contributed by atoms with Gasteiger partial charge in [-0.1, -0.05) is 53.4 Å². The first-order valence-electron chi connectivity index (χ1n) is 8.00. The molecular formula is C16H33NO. The molecule has 0 aliphatic heterocycles. The monoisotopic (exact) mass is 255 g/mol. The van der Waals surface area contributed by atoms with Crippen LogP contribution in [0.25, 0.3) is 0 Å². The number of unbranched alkanes of at least 4 members (excludes halogenated alkanes) is 2. The van der Waals surface area contributed by atoms with Crippen molar-refractivity contribution in [1.29, 1.82) is 0 Å². The normalized spacial score (nSPS) is 12.4. The van der Waals surface area contributed by atoms with Crippen LogP contribution in [0.1, 0.15) is 85.5 Å². The van der Waals surface area contributed by atoms with Crippen LogP contribution >= 0.6 is 0 Å². The number of carbonyl (C=O) groups excluding carboxylic acids is 1.